The van der Waals surface area contributed by atoms with E-state index in [9.17, 15) is 13.2 Å². The van der Waals surface area contributed by atoms with Crippen LogP contribution in [0.2, 0.25) is 0 Å². The van der Waals surface area contributed by atoms with Crippen molar-refractivity contribution in [2.75, 3.05) is 6.54 Å². The molecule has 0 fully saturated rings. The summed E-state index contributed by atoms with van der Waals surface area (Å²) < 4.78 is 27.2. The molecule has 0 aliphatic rings. The molecular formula is C19H24N2O3S. The lowest BCUT2D eigenvalue weighted by Gasteiger charge is -2.11. The van der Waals surface area contributed by atoms with Gasteiger partial charge in [-0.05, 0) is 49.1 Å². The van der Waals surface area contributed by atoms with Gasteiger partial charge in [-0.3, -0.25) is 4.79 Å². The Morgan fingerprint density at radius 3 is 2.44 bits per heavy atom. The van der Waals surface area contributed by atoms with E-state index >= 15 is 0 Å². The van der Waals surface area contributed by atoms with E-state index in [-0.39, 0.29) is 23.8 Å². The number of hydrogen-bond acceptors (Lipinski definition) is 3. The van der Waals surface area contributed by atoms with E-state index in [1.165, 1.54) is 0 Å². The molecule has 134 valence electrons. The zero-order valence-electron chi connectivity index (χ0n) is 14.8. The van der Waals surface area contributed by atoms with Crippen LogP contribution in [0, 0.1) is 20.8 Å². The Hall–Kier alpha value is -2.18. The molecular weight excluding hydrogens is 336 g/mol. The first-order valence-electron chi connectivity index (χ1n) is 8.18. The van der Waals surface area contributed by atoms with Crippen molar-refractivity contribution in [3.05, 3.63) is 64.7 Å². The molecule has 0 spiro atoms. The van der Waals surface area contributed by atoms with Crippen molar-refractivity contribution in [1.82, 2.24) is 10.0 Å². The molecule has 0 saturated carbocycles. The molecule has 2 aromatic rings. The molecule has 0 aliphatic heterocycles. The fourth-order valence-corrected chi connectivity index (χ4v) is 3.82. The molecule has 0 unspecified atom stereocenters. The Morgan fingerprint density at radius 2 is 1.72 bits per heavy atom. The zero-order chi connectivity index (χ0) is 18.4. The van der Waals surface area contributed by atoms with Crippen molar-refractivity contribution in [2.24, 2.45) is 0 Å². The molecule has 0 bridgehead atoms. The molecule has 25 heavy (non-hydrogen) atoms. The van der Waals surface area contributed by atoms with Gasteiger partial charge in [0.15, 0.2) is 0 Å². The molecule has 5 nitrogen and oxygen atoms in total. The van der Waals surface area contributed by atoms with E-state index in [2.05, 4.69) is 10.0 Å². The topological polar surface area (TPSA) is 75.3 Å². The summed E-state index contributed by atoms with van der Waals surface area (Å²) in [6.07, 6.45) is 0.0932. The van der Waals surface area contributed by atoms with Gasteiger partial charge in [0, 0.05) is 19.5 Å². The molecule has 2 rings (SSSR count). The van der Waals surface area contributed by atoms with Crippen molar-refractivity contribution in [1.29, 1.82) is 0 Å². The van der Waals surface area contributed by atoms with Crippen LogP contribution in [0.4, 0.5) is 0 Å². The maximum absolute atomic E-state index is 12.4. The summed E-state index contributed by atoms with van der Waals surface area (Å²) in [6.45, 7) is 6.09. The van der Waals surface area contributed by atoms with Crippen molar-refractivity contribution in [3.8, 4) is 0 Å². The lowest BCUT2D eigenvalue weighted by Crippen LogP contribution is -2.31. The van der Waals surface area contributed by atoms with Gasteiger partial charge in [0.1, 0.15) is 0 Å². The van der Waals surface area contributed by atoms with Crippen molar-refractivity contribution in [2.45, 2.75) is 38.6 Å². The number of aryl methyl sites for hydroxylation is 3. The number of rotatable bonds is 7. The average molecular weight is 360 g/mol. The van der Waals surface area contributed by atoms with Crippen LogP contribution in [0.1, 0.15) is 28.7 Å². The van der Waals surface area contributed by atoms with Crippen LogP contribution >= 0.6 is 0 Å². The quantitative estimate of drug-likeness (QED) is 0.797. The first-order valence-corrected chi connectivity index (χ1v) is 9.66. The van der Waals surface area contributed by atoms with Crippen LogP contribution in [0.5, 0.6) is 0 Å². The minimum atomic E-state index is -3.61. The number of amides is 1. The van der Waals surface area contributed by atoms with E-state index in [0.29, 0.717) is 12.1 Å². The number of benzene rings is 2. The van der Waals surface area contributed by atoms with Gasteiger partial charge >= 0.3 is 0 Å². The molecule has 0 atom stereocenters. The third-order valence-electron chi connectivity index (χ3n) is 4.01. The Bertz CT molecular complexity index is 861. The second-order valence-corrected chi connectivity index (χ2v) is 7.86. The van der Waals surface area contributed by atoms with Gasteiger partial charge in [0.05, 0.1) is 4.90 Å². The average Bonchev–Trinajstić information content (AvgIpc) is 2.56. The second kappa shape index (κ2) is 8.27. The third-order valence-corrected chi connectivity index (χ3v) is 5.62. The fourth-order valence-electron chi connectivity index (χ4n) is 2.46. The highest BCUT2D eigenvalue weighted by Gasteiger charge is 2.17. The maximum Gasteiger partial charge on any atom is 0.240 e. The van der Waals surface area contributed by atoms with E-state index < -0.39 is 10.0 Å². The standard InChI is InChI=1S/C19H24N2O3S/c1-14-8-9-16(3)18(12-14)25(23,24)21-11-10-19(22)20-13-17-7-5-4-6-15(17)2/h4-9,12,21H,10-11,13H2,1-3H3,(H,20,22). The molecule has 0 aromatic heterocycles. The number of sulfonamides is 1. The highest BCUT2D eigenvalue weighted by atomic mass is 32.2. The SMILES string of the molecule is Cc1ccc(C)c(S(=O)(=O)NCCC(=O)NCc2ccccc2C)c1. The highest BCUT2D eigenvalue weighted by molar-refractivity contribution is 7.89. The van der Waals surface area contributed by atoms with E-state index in [1.807, 2.05) is 44.2 Å². The van der Waals surface area contributed by atoms with Gasteiger partial charge in [-0.1, -0.05) is 36.4 Å². The first-order chi connectivity index (χ1) is 11.8. The molecule has 6 heteroatoms. The normalized spacial score (nSPS) is 11.3. The van der Waals surface area contributed by atoms with Crippen LogP contribution < -0.4 is 10.0 Å². The second-order valence-electron chi connectivity index (χ2n) is 6.12. The molecule has 0 radical (unpaired) electrons. The zero-order valence-corrected chi connectivity index (χ0v) is 15.6. The van der Waals surface area contributed by atoms with Crippen LogP contribution in [0.3, 0.4) is 0 Å². The van der Waals surface area contributed by atoms with E-state index in [4.69, 9.17) is 0 Å². The monoisotopic (exact) mass is 360 g/mol. The summed E-state index contributed by atoms with van der Waals surface area (Å²) >= 11 is 0. The van der Waals surface area contributed by atoms with Crippen LogP contribution in [0.15, 0.2) is 47.4 Å². The van der Waals surface area contributed by atoms with Crippen molar-refractivity contribution < 1.29 is 13.2 Å². The van der Waals surface area contributed by atoms with E-state index in [0.717, 1.165) is 16.7 Å². The van der Waals surface area contributed by atoms with Gasteiger partial charge < -0.3 is 5.32 Å². The number of carbonyl (C=O) groups is 1. The summed E-state index contributed by atoms with van der Waals surface area (Å²) in [4.78, 5) is 12.2. The van der Waals surface area contributed by atoms with Crippen LogP contribution in [0.25, 0.3) is 0 Å². The summed E-state index contributed by atoms with van der Waals surface area (Å²) in [5.41, 5.74) is 3.72. The Balaban J connectivity index is 1.86. The Morgan fingerprint density at radius 1 is 1.00 bits per heavy atom. The van der Waals surface area contributed by atoms with Gasteiger partial charge in [-0.15, -0.1) is 0 Å². The molecule has 1 amide bonds. The molecule has 2 N–H and O–H groups in total. The highest BCUT2D eigenvalue weighted by Crippen LogP contribution is 2.16. The number of nitrogens with one attached hydrogen (secondary N) is 2. The number of hydrogen-bond donors (Lipinski definition) is 2. The molecule has 0 aliphatic carbocycles. The summed E-state index contributed by atoms with van der Waals surface area (Å²) in [6, 6.07) is 13.1. The van der Waals surface area contributed by atoms with Gasteiger partial charge in [0.2, 0.25) is 15.9 Å². The predicted molar refractivity (Wildman–Crippen MR) is 98.7 cm³/mol. The molecule has 0 saturated heterocycles. The minimum absolute atomic E-state index is 0.0648. The Labute approximate surface area is 149 Å². The molecule has 0 heterocycles. The smallest absolute Gasteiger partial charge is 0.240 e. The largest absolute Gasteiger partial charge is 0.352 e. The minimum Gasteiger partial charge on any atom is -0.352 e. The van der Waals surface area contributed by atoms with Crippen molar-refractivity contribution in [3.63, 3.8) is 0 Å². The van der Waals surface area contributed by atoms with Gasteiger partial charge in [-0.25, -0.2) is 13.1 Å². The lowest BCUT2D eigenvalue weighted by molar-refractivity contribution is -0.121. The van der Waals surface area contributed by atoms with Gasteiger partial charge in [0.25, 0.3) is 0 Å². The third kappa shape index (κ3) is 5.41. The number of carbonyl (C=O) groups excluding carboxylic acids is 1. The van der Waals surface area contributed by atoms with Crippen LogP contribution in [-0.2, 0) is 21.4 Å². The van der Waals surface area contributed by atoms with Gasteiger partial charge in [-0.2, -0.15) is 0 Å². The first kappa shape index (κ1) is 19.1. The predicted octanol–water partition coefficient (Wildman–Crippen LogP) is 2.60. The van der Waals surface area contributed by atoms with Crippen LogP contribution in [-0.4, -0.2) is 20.9 Å². The fraction of sp³-hybridized carbons (Fsp3) is 0.316. The van der Waals surface area contributed by atoms with E-state index in [1.54, 1.807) is 19.1 Å². The molecule has 2 aromatic carbocycles. The Kier molecular flexibility index (Phi) is 6.33. The summed E-state index contributed by atoms with van der Waals surface area (Å²) in [5, 5.41) is 2.81. The summed E-state index contributed by atoms with van der Waals surface area (Å²) in [7, 11) is -3.61. The lowest BCUT2D eigenvalue weighted by atomic mass is 10.1. The van der Waals surface area contributed by atoms with Crippen molar-refractivity contribution >= 4 is 15.9 Å². The summed E-state index contributed by atoms with van der Waals surface area (Å²) in [5.74, 6) is -0.188. The maximum atomic E-state index is 12.4.